The molecule has 1 aliphatic rings. The zero-order valence-corrected chi connectivity index (χ0v) is 16.0. The van der Waals surface area contributed by atoms with Crippen molar-refractivity contribution in [3.8, 4) is 5.75 Å². The van der Waals surface area contributed by atoms with Gasteiger partial charge in [0.05, 0.1) is 13.2 Å². The Morgan fingerprint density at radius 1 is 1.12 bits per heavy atom. The summed E-state index contributed by atoms with van der Waals surface area (Å²) in [6.07, 6.45) is 1.49. The Bertz CT molecular complexity index is 589. The van der Waals surface area contributed by atoms with Gasteiger partial charge in [0.25, 0.3) is 0 Å². The Balaban J connectivity index is 1.94. The molecular weight excluding hydrogens is 316 g/mol. The van der Waals surface area contributed by atoms with Crippen molar-refractivity contribution >= 4 is 11.8 Å². The molecule has 2 amide bonds. The molecule has 1 heterocycles. The van der Waals surface area contributed by atoms with E-state index in [1.807, 2.05) is 61.9 Å². The van der Waals surface area contributed by atoms with E-state index >= 15 is 0 Å². The second kappa shape index (κ2) is 8.37. The molecule has 1 aromatic carbocycles. The number of nitrogens with zero attached hydrogens (tertiary/aromatic N) is 2. The first kappa shape index (κ1) is 19.3. The summed E-state index contributed by atoms with van der Waals surface area (Å²) in [4.78, 5) is 28.6. The van der Waals surface area contributed by atoms with E-state index in [-0.39, 0.29) is 29.7 Å². The van der Waals surface area contributed by atoms with Crippen LogP contribution in [0.2, 0.25) is 0 Å². The maximum absolute atomic E-state index is 12.8. The van der Waals surface area contributed by atoms with Crippen LogP contribution in [0.15, 0.2) is 24.3 Å². The monoisotopic (exact) mass is 346 g/mol. The fourth-order valence-corrected chi connectivity index (χ4v) is 3.30. The number of carbonyl (C=O) groups excluding carboxylic acids is 2. The Hall–Kier alpha value is -2.04. The van der Waals surface area contributed by atoms with Crippen molar-refractivity contribution in [1.82, 2.24) is 9.80 Å². The first-order valence-corrected chi connectivity index (χ1v) is 9.04. The highest BCUT2D eigenvalue weighted by molar-refractivity contribution is 5.81. The van der Waals surface area contributed by atoms with E-state index in [0.29, 0.717) is 13.1 Å². The highest BCUT2D eigenvalue weighted by Gasteiger charge is 2.31. The number of ether oxygens (including phenoxy) is 1. The zero-order chi connectivity index (χ0) is 18.6. The van der Waals surface area contributed by atoms with Crippen LogP contribution >= 0.6 is 0 Å². The third-order valence-corrected chi connectivity index (χ3v) is 5.18. The Kier molecular flexibility index (Phi) is 6.45. The van der Waals surface area contributed by atoms with Crippen molar-refractivity contribution in [2.75, 3.05) is 27.2 Å². The van der Waals surface area contributed by atoms with E-state index in [1.165, 1.54) is 0 Å². The zero-order valence-electron chi connectivity index (χ0n) is 16.0. The number of methoxy groups -OCH3 is 1. The average molecular weight is 346 g/mol. The molecule has 1 aliphatic heterocycles. The van der Waals surface area contributed by atoms with Crippen molar-refractivity contribution in [2.45, 2.75) is 39.7 Å². The number of carbonyl (C=O) groups is 2. The topological polar surface area (TPSA) is 49.9 Å². The summed E-state index contributed by atoms with van der Waals surface area (Å²) >= 11 is 0. The quantitative estimate of drug-likeness (QED) is 0.823. The molecule has 25 heavy (non-hydrogen) atoms. The summed E-state index contributed by atoms with van der Waals surface area (Å²) in [5.41, 5.74) is 1.09. The molecule has 0 bridgehead atoms. The molecule has 0 aliphatic carbocycles. The molecular formula is C20H30N2O3. The number of rotatable bonds is 5. The number of hydrogen-bond acceptors (Lipinski definition) is 3. The molecule has 0 radical (unpaired) electrons. The molecule has 0 spiro atoms. The lowest BCUT2D eigenvalue weighted by Gasteiger charge is -2.35. The molecule has 2 rings (SSSR count). The van der Waals surface area contributed by atoms with Gasteiger partial charge >= 0.3 is 0 Å². The molecule has 1 saturated heterocycles. The van der Waals surface area contributed by atoms with Crippen LogP contribution in [0.3, 0.4) is 0 Å². The van der Waals surface area contributed by atoms with Gasteiger partial charge in [-0.1, -0.05) is 26.0 Å². The molecule has 1 atom stereocenters. The highest BCUT2D eigenvalue weighted by atomic mass is 16.5. The van der Waals surface area contributed by atoms with Crippen LogP contribution in [0.5, 0.6) is 5.75 Å². The highest BCUT2D eigenvalue weighted by Crippen LogP contribution is 2.26. The van der Waals surface area contributed by atoms with E-state index in [9.17, 15) is 9.59 Å². The van der Waals surface area contributed by atoms with Gasteiger partial charge in [-0.2, -0.15) is 0 Å². The first-order valence-electron chi connectivity index (χ1n) is 9.04. The SMILES string of the molecule is COc1ccc(C(C)N(C)C(=O)C2CCN(C(=O)C(C)C)CC2)cc1. The van der Waals surface area contributed by atoms with Gasteiger partial charge in [-0.3, -0.25) is 9.59 Å². The van der Waals surface area contributed by atoms with E-state index in [1.54, 1.807) is 7.11 Å². The van der Waals surface area contributed by atoms with Gasteiger partial charge in [-0.25, -0.2) is 0 Å². The second-order valence-electron chi connectivity index (χ2n) is 7.15. The summed E-state index contributed by atoms with van der Waals surface area (Å²) in [6, 6.07) is 7.84. The van der Waals surface area contributed by atoms with Crippen LogP contribution in [0, 0.1) is 11.8 Å². The third kappa shape index (κ3) is 4.53. The van der Waals surface area contributed by atoms with Gasteiger partial charge < -0.3 is 14.5 Å². The molecule has 5 nitrogen and oxygen atoms in total. The minimum Gasteiger partial charge on any atom is -0.497 e. The van der Waals surface area contributed by atoms with Crippen LogP contribution in [0.4, 0.5) is 0 Å². The molecule has 0 saturated carbocycles. The maximum atomic E-state index is 12.8. The van der Waals surface area contributed by atoms with Gasteiger partial charge in [-0.05, 0) is 37.5 Å². The smallest absolute Gasteiger partial charge is 0.226 e. The lowest BCUT2D eigenvalue weighted by atomic mass is 9.93. The van der Waals surface area contributed by atoms with Gasteiger partial charge in [0, 0.05) is 32.0 Å². The van der Waals surface area contributed by atoms with Crippen molar-refractivity contribution in [2.24, 2.45) is 11.8 Å². The molecule has 138 valence electrons. The second-order valence-corrected chi connectivity index (χ2v) is 7.15. The fourth-order valence-electron chi connectivity index (χ4n) is 3.30. The van der Waals surface area contributed by atoms with Crippen LogP contribution in [0.1, 0.15) is 45.2 Å². The third-order valence-electron chi connectivity index (χ3n) is 5.18. The maximum Gasteiger partial charge on any atom is 0.226 e. The Morgan fingerprint density at radius 3 is 2.16 bits per heavy atom. The molecule has 0 N–H and O–H groups in total. The summed E-state index contributed by atoms with van der Waals surface area (Å²) in [7, 11) is 3.51. The van der Waals surface area contributed by atoms with E-state index in [0.717, 1.165) is 24.2 Å². The molecule has 1 aromatic rings. The number of likely N-dealkylation sites (tertiary alicyclic amines) is 1. The predicted molar refractivity (Wildman–Crippen MR) is 98.3 cm³/mol. The van der Waals surface area contributed by atoms with Crippen molar-refractivity contribution in [3.63, 3.8) is 0 Å². The lowest BCUT2D eigenvalue weighted by molar-refractivity contribution is -0.142. The summed E-state index contributed by atoms with van der Waals surface area (Å²) in [5, 5.41) is 0. The lowest BCUT2D eigenvalue weighted by Crippen LogP contribution is -2.45. The minimum atomic E-state index is 0.00177. The Labute approximate surface area is 150 Å². The van der Waals surface area contributed by atoms with Crippen molar-refractivity contribution < 1.29 is 14.3 Å². The van der Waals surface area contributed by atoms with Gasteiger partial charge in [0.2, 0.25) is 11.8 Å². The Morgan fingerprint density at radius 2 is 1.68 bits per heavy atom. The van der Waals surface area contributed by atoms with Crippen LogP contribution in [-0.4, -0.2) is 48.9 Å². The standard InChI is InChI=1S/C20H30N2O3/c1-14(2)19(23)22-12-10-17(11-13-22)20(24)21(4)15(3)16-6-8-18(25-5)9-7-16/h6-9,14-15,17H,10-13H2,1-5H3. The van der Waals surface area contributed by atoms with E-state index in [2.05, 4.69) is 0 Å². The van der Waals surface area contributed by atoms with Crippen molar-refractivity contribution in [1.29, 1.82) is 0 Å². The number of amides is 2. The average Bonchev–Trinajstić information content (AvgIpc) is 2.65. The van der Waals surface area contributed by atoms with Crippen LogP contribution < -0.4 is 4.74 Å². The van der Waals surface area contributed by atoms with Gasteiger partial charge in [0.1, 0.15) is 5.75 Å². The van der Waals surface area contributed by atoms with Gasteiger partial charge in [-0.15, -0.1) is 0 Å². The molecule has 1 fully saturated rings. The number of piperidine rings is 1. The number of benzene rings is 1. The summed E-state index contributed by atoms with van der Waals surface area (Å²) in [6.45, 7) is 7.24. The van der Waals surface area contributed by atoms with Gasteiger partial charge in [0.15, 0.2) is 0 Å². The minimum absolute atomic E-state index is 0.00177. The molecule has 5 heteroatoms. The van der Waals surface area contributed by atoms with E-state index in [4.69, 9.17) is 4.74 Å². The summed E-state index contributed by atoms with van der Waals surface area (Å²) < 4.78 is 5.19. The molecule has 0 aromatic heterocycles. The fraction of sp³-hybridized carbons (Fsp3) is 0.600. The molecule has 1 unspecified atom stereocenters. The predicted octanol–water partition coefficient (Wildman–Crippen LogP) is 3.11. The number of hydrogen-bond donors (Lipinski definition) is 0. The first-order chi connectivity index (χ1) is 11.8. The largest absolute Gasteiger partial charge is 0.497 e. The normalized spacial score (nSPS) is 16.6. The summed E-state index contributed by atoms with van der Waals surface area (Å²) in [5.74, 6) is 1.19. The van der Waals surface area contributed by atoms with Crippen LogP contribution in [-0.2, 0) is 9.59 Å². The van der Waals surface area contributed by atoms with E-state index < -0.39 is 0 Å². The van der Waals surface area contributed by atoms with Crippen LogP contribution in [0.25, 0.3) is 0 Å². The van der Waals surface area contributed by atoms with Crippen molar-refractivity contribution in [3.05, 3.63) is 29.8 Å².